The highest BCUT2D eigenvalue weighted by Crippen LogP contribution is 2.25. The van der Waals surface area contributed by atoms with Gasteiger partial charge in [0.25, 0.3) is 0 Å². The van der Waals surface area contributed by atoms with Crippen LogP contribution in [0.5, 0.6) is 0 Å². The fourth-order valence-electron chi connectivity index (χ4n) is 2.41. The van der Waals surface area contributed by atoms with Crippen LogP contribution in [0.1, 0.15) is 53.9 Å². The van der Waals surface area contributed by atoms with Gasteiger partial charge >= 0.3 is 0 Å². The lowest BCUT2D eigenvalue weighted by Crippen LogP contribution is -2.27. The van der Waals surface area contributed by atoms with Gasteiger partial charge in [-0.25, -0.2) is 0 Å². The Morgan fingerprint density at radius 2 is 1.56 bits per heavy atom. The molecule has 0 fully saturated rings. The van der Waals surface area contributed by atoms with Crippen molar-refractivity contribution in [3.63, 3.8) is 0 Å². The van der Waals surface area contributed by atoms with Gasteiger partial charge < -0.3 is 10.0 Å². The summed E-state index contributed by atoms with van der Waals surface area (Å²) >= 11 is 0. The van der Waals surface area contributed by atoms with E-state index in [-0.39, 0.29) is 0 Å². The molecule has 2 heteroatoms. The van der Waals surface area contributed by atoms with Crippen molar-refractivity contribution in [3.8, 4) is 0 Å². The van der Waals surface area contributed by atoms with E-state index < -0.39 is 0 Å². The van der Waals surface area contributed by atoms with Crippen LogP contribution in [0.4, 0.5) is 0 Å². The summed E-state index contributed by atoms with van der Waals surface area (Å²) in [6.45, 7) is 14.1. The highest BCUT2D eigenvalue weighted by atomic mass is 16.3. The molecule has 3 atom stereocenters. The molecule has 0 aromatic carbocycles. The van der Waals surface area contributed by atoms with Gasteiger partial charge in [-0.2, -0.15) is 0 Å². The Hall–Kier alpha value is -0.0800. The van der Waals surface area contributed by atoms with Crippen molar-refractivity contribution >= 4 is 0 Å². The zero-order valence-electron chi connectivity index (χ0n) is 13.4. The first kappa shape index (κ1) is 17.9. The Kier molecular flexibility index (Phi) is 9.76. The van der Waals surface area contributed by atoms with Crippen molar-refractivity contribution in [2.24, 2.45) is 23.7 Å². The lowest BCUT2D eigenvalue weighted by Gasteiger charge is -2.28. The van der Waals surface area contributed by atoms with Crippen molar-refractivity contribution in [2.45, 2.75) is 53.9 Å². The number of rotatable bonds is 10. The third-order valence-corrected chi connectivity index (χ3v) is 4.45. The van der Waals surface area contributed by atoms with E-state index in [1.54, 1.807) is 0 Å². The van der Waals surface area contributed by atoms with Crippen molar-refractivity contribution in [2.75, 3.05) is 26.7 Å². The zero-order chi connectivity index (χ0) is 14.1. The van der Waals surface area contributed by atoms with Gasteiger partial charge in [-0.3, -0.25) is 0 Å². The van der Waals surface area contributed by atoms with Crippen LogP contribution in [0.2, 0.25) is 0 Å². The second-order valence-corrected chi connectivity index (χ2v) is 6.46. The molecule has 3 unspecified atom stereocenters. The highest BCUT2D eigenvalue weighted by molar-refractivity contribution is 4.71. The molecule has 0 radical (unpaired) electrons. The summed E-state index contributed by atoms with van der Waals surface area (Å²) in [6, 6.07) is 0. The average molecular weight is 257 g/mol. The van der Waals surface area contributed by atoms with Crippen molar-refractivity contribution in [1.82, 2.24) is 4.90 Å². The molecule has 0 heterocycles. The van der Waals surface area contributed by atoms with E-state index in [1.807, 2.05) is 0 Å². The van der Waals surface area contributed by atoms with E-state index in [4.69, 9.17) is 0 Å². The lowest BCUT2D eigenvalue weighted by molar-refractivity contribution is 0.138. The summed E-state index contributed by atoms with van der Waals surface area (Å²) in [4.78, 5) is 2.45. The molecule has 110 valence electrons. The normalized spacial score (nSPS) is 17.2. The molecule has 0 bridgehead atoms. The lowest BCUT2D eigenvalue weighted by atomic mass is 9.81. The van der Waals surface area contributed by atoms with Gasteiger partial charge in [0.15, 0.2) is 0 Å². The van der Waals surface area contributed by atoms with Crippen LogP contribution in [0.25, 0.3) is 0 Å². The van der Waals surface area contributed by atoms with Gasteiger partial charge in [-0.1, -0.05) is 41.0 Å². The SMILES string of the molecule is CCC(CO)C(C)C(C)CCN(C)CCC(C)C. The predicted molar refractivity (Wildman–Crippen MR) is 80.8 cm³/mol. The standard InChI is InChI=1S/C16H35NO/c1-7-16(12-18)15(5)14(4)9-11-17(6)10-8-13(2)3/h13-16,18H,7-12H2,1-6H3. The largest absolute Gasteiger partial charge is 0.396 e. The topological polar surface area (TPSA) is 23.5 Å². The van der Waals surface area contributed by atoms with Gasteiger partial charge in [0.2, 0.25) is 0 Å². The minimum absolute atomic E-state index is 0.338. The van der Waals surface area contributed by atoms with E-state index in [0.717, 1.165) is 12.3 Å². The smallest absolute Gasteiger partial charge is 0.0461 e. The van der Waals surface area contributed by atoms with Crippen LogP contribution in [-0.2, 0) is 0 Å². The van der Waals surface area contributed by atoms with Crippen molar-refractivity contribution in [3.05, 3.63) is 0 Å². The molecule has 0 aromatic rings. The molecule has 0 saturated carbocycles. The number of nitrogens with zero attached hydrogens (tertiary/aromatic N) is 1. The number of hydrogen-bond donors (Lipinski definition) is 1. The van der Waals surface area contributed by atoms with E-state index >= 15 is 0 Å². The Morgan fingerprint density at radius 1 is 1.00 bits per heavy atom. The molecule has 0 aromatic heterocycles. The molecule has 18 heavy (non-hydrogen) atoms. The second-order valence-electron chi connectivity index (χ2n) is 6.46. The van der Waals surface area contributed by atoms with Crippen LogP contribution in [-0.4, -0.2) is 36.8 Å². The predicted octanol–water partition coefficient (Wildman–Crippen LogP) is 3.65. The van der Waals surface area contributed by atoms with Gasteiger partial charge in [0.05, 0.1) is 0 Å². The maximum Gasteiger partial charge on any atom is 0.0461 e. The Balaban J connectivity index is 3.90. The van der Waals surface area contributed by atoms with Gasteiger partial charge in [0, 0.05) is 6.61 Å². The molecule has 0 aliphatic carbocycles. The third kappa shape index (κ3) is 7.38. The average Bonchev–Trinajstić information content (AvgIpc) is 2.34. The molecule has 0 saturated heterocycles. The molecule has 0 spiro atoms. The van der Waals surface area contributed by atoms with Crippen molar-refractivity contribution in [1.29, 1.82) is 0 Å². The minimum atomic E-state index is 0.338. The zero-order valence-corrected chi connectivity index (χ0v) is 13.4. The molecule has 0 amide bonds. The molecule has 0 aliphatic rings. The van der Waals surface area contributed by atoms with E-state index in [2.05, 4.69) is 46.6 Å². The summed E-state index contributed by atoms with van der Waals surface area (Å²) < 4.78 is 0. The first-order valence-corrected chi connectivity index (χ1v) is 7.71. The molecular formula is C16H35NO. The third-order valence-electron chi connectivity index (χ3n) is 4.45. The van der Waals surface area contributed by atoms with Crippen LogP contribution >= 0.6 is 0 Å². The number of aliphatic hydroxyl groups excluding tert-OH is 1. The van der Waals surface area contributed by atoms with Gasteiger partial charge in [-0.05, 0) is 56.7 Å². The summed E-state index contributed by atoms with van der Waals surface area (Å²) in [6.07, 6.45) is 3.62. The molecule has 2 nitrogen and oxygen atoms in total. The maximum atomic E-state index is 9.36. The first-order chi connectivity index (χ1) is 8.42. The van der Waals surface area contributed by atoms with Gasteiger partial charge in [-0.15, -0.1) is 0 Å². The minimum Gasteiger partial charge on any atom is -0.396 e. The van der Waals surface area contributed by atoms with Crippen LogP contribution in [0.3, 0.4) is 0 Å². The molecular weight excluding hydrogens is 222 g/mol. The molecule has 1 N–H and O–H groups in total. The monoisotopic (exact) mass is 257 g/mol. The quantitative estimate of drug-likeness (QED) is 0.646. The number of hydrogen-bond acceptors (Lipinski definition) is 2. The summed E-state index contributed by atoms with van der Waals surface area (Å²) in [5, 5.41) is 9.36. The Bertz CT molecular complexity index is 190. The fourth-order valence-corrected chi connectivity index (χ4v) is 2.41. The maximum absolute atomic E-state index is 9.36. The van der Waals surface area contributed by atoms with Crippen molar-refractivity contribution < 1.29 is 5.11 Å². The fraction of sp³-hybridized carbons (Fsp3) is 1.00. The highest BCUT2D eigenvalue weighted by Gasteiger charge is 2.20. The second kappa shape index (κ2) is 9.80. The Morgan fingerprint density at radius 3 is 2.00 bits per heavy atom. The van der Waals surface area contributed by atoms with Crippen LogP contribution in [0.15, 0.2) is 0 Å². The Labute approximate surface area is 115 Å². The summed E-state index contributed by atoms with van der Waals surface area (Å²) in [5.74, 6) is 2.59. The van der Waals surface area contributed by atoms with Crippen LogP contribution < -0.4 is 0 Å². The van der Waals surface area contributed by atoms with E-state index in [0.29, 0.717) is 24.4 Å². The molecule has 0 rings (SSSR count). The van der Waals surface area contributed by atoms with Crippen LogP contribution in [0, 0.1) is 23.7 Å². The number of aliphatic hydroxyl groups is 1. The van der Waals surface area contributed by atoms with E-state index in [1.165, 1.54) is 25.9 Å². The first-order valence-electron chi connectivity index (χ1n) is 7.71. The van der Waals surface area contributed by atoms with E-state index in [9.17, 15) is 5.11 Å². The summed E-state index contributed by atoms with van der Waals surface area (Å²) in [5.41, 5.74) is 0. The van der Waals surface area contributed by atoms with Gasteiger partial charge in [0.1, 0.15) is 0 Å². The summed E-state index contributed by atoms with van der Waals surface area (Å²) in [7, 11) is 2.23. The molecule has 0 aliphatic heterocycles.